The van der Waals surface area contributed by atoms with Gasteiger partial charge in [-0.1, -0.05) is 24.3 Å². The summed E-state index contributed by atoms with van der Waals surface area (Å²) in [5.41, 5.74) is 1.72. The van der Waals surface area contributed by atoms with Crippen LogP contribution in [0.5, 0.6) is 23.1 Å². The summed E-state index contributed by atoms with van der Waals surface area (Å²) in [5.74, 6) is 1.47. The number of esters is 2. The van der Waals surface area contributed by atoms with Crippen LogP contribution in [0.4, 0.5) is 0 Å². The molecule has 7 heteroatoms. The summed E-state index contributed by atoms with van der Waals surface area (Å²) in [6.45, 7) is 1.86. The highest BCUT2D eigenvalue weighted by molar-refractivity contribution is 5.96. The molecule has 37 heavy (non-hydrogen) atoms. The molecule has 1 heterocycles. The van der Waals surface area contributed by atoms with E-state index in [2.05, 4.69) is 4.98 Å². The molecule has 0 amide bonds. The number of methoxy groups -OCH3 is 2. The van der Waals surface area contributed by atoms with Crippen molar-refractivity contribution in [3.8, 4) is 23.1 Å². The van der Waals surface area contributed by atoms with E-state index in [0.29, 0.717) is 34.3 Å². The summed E-state index contributed by atoms with van der Waals surface area (Å²) in [7, 11) is 2.72. The predicted molar refractivity (Wildman–Crippen MR) is 140 cm³/mol. The van der Waals surface area contributed by atoms with Crippen LogP contribution in [-0.4, -0.2) is 31.1 Å². The Labute approximate surface area is 213 Å². The monoisotopic (exact) mass is 493 g/mol. The number of ether oxygens (including phenoxy) is 4. The fourth-order valence-corrected chi connectivity index (χ4v) is 4.04. The van der Waals surface area contributed by atoms with E-state index in [4.69, 9.17) is 18.9 Å². The van der Waals surface area contributed by atoms with E-state index >= 15 is 0 Å². The van der Waals surface area contributed by atoms with Crippen molar-refractivity contribution in [3.63, 3.8) is 0 Å². The molecule has 7 nitrogen and oxygen atoms in total. The highest BCUT2D eigenvalue weighted by atomic mass is 16.5. The van der Waals surface area contributed by atoms with Crippen molar-refractivity contribution >= 4 is 33.5 Å². The summed E-state index contributed by atoms with van der Waals surface area (Å²) in [4.78, 5) is 28.1. The largest absolute Gasteiger partial charge is 0.465 e. The summed E-state index contributed by atoms with van der Waals surface area (Å²) < 4.78 is 21.7. The van der Waals surface area contributed by atoms with Crippen molar-refractivity contribution in [3.05, 3.63) is 102 Å². The van der Waals surface area contributed by atoms with Crippen LogP contribution in [0.1, 0.15) is 26.4 Å². The van der Waals surface area contributed by atoms with Crippen LogP contribution in [0.3, 0.4) is 0 Å². The number of aryl methyl sites for hydroxylation is 1. The predicted octanol–water partition coefficient (Wildman–Crippen LogP) is 6.85. The summed E-state index contributed by atoms with van der Waals surface area (Å²) in [5, 5.41) is 3.64. The topological polar surface area (TPSA) is 84.0 Å². The van der Waals surface area contributed by atoms with E-state index in [1.54, 1.807) is 30.3 Å². The molecular formula is C30H23NO6. The number of pyridine rings is 1. The minimum atomic E-state index is -0.379. The number of aromatic nitrogens is 1. The Bertz CT molecular complexity index is 1540. The maximum atomic E-state index is 11.8. The molecule has 0 saturated heterocycles. The fraction of sp³-hybridized carbons (Fsp3) is 0.100. The number of rotatable bonds is 6. The molecule has 0 radical (unpaired) electrons. The van der Waals surface area contributed by atoms with Crippen LogP contribution in [0.2, 0.25) is 0 Å². The molecular weight excluding hydrogens is 470 g/mol. The minimum absolute atomic E-state index is 0.376. The van der Waals surface area contributed by atoms with Gasteiger partial charge in [-0.3, -0.25) is 0 Å². The van der Waals surface area contributed by atoms with E-state index in [0.717, 1.165) is 27.2 Å². The second-order valence-electron chi connectivity index (χ2n) is 8.42. The maximum absolute atomic E-state index is 11.8. The molecule has 0 aliphatic rings. The van der Waals surface area contributed by atoms with Gasteiger partial charge < -0.3 is 18.9 Å². The van der Waals surface area contributed by atoms with E-state index in [-0.39, 0.29) is 11.9 Å². The van der Waals surface area contributed by atoms with Crippen LogP contribution < -0.4 is 9.47 Å². The lowest BCUT2D eigenvalue weighted by atomic mass is 10.1. The first-order valence-corrected chi connectivity index (χ1v) is 11.5. The van der Waals surface area contributed by atoms with Crippen LogP contribution >= 0.6 is 0 Å². The molecule has 5 aromatic rings. The third-order valence-electron chi connectivity index (χ3n) is 5.83. The molecule has 0 spiro atoms. The normalized spacial score (nSPS) is 10.8. The maximum Gasteiger partial charge on any atom is 0.337 e. The summed E-state index contributed by atoms with van der Waals surface area (Å²) >= 11 is 0. The molecule has 0 unspecified atom stereocenters. The van der Waals surface area contributed by atoms with E-state index in [1.807, 2.05) is 61.5 Å². The highest BCUT2D eigenvalue weighted by Crippen LogP contribution is 2.31. The van der Waals surface area contributed by atoms with Crippen molar-refractivity contribution < 1.29 is 28.5 Å². The van der Waals surface area contributed by atoms with Gasteiger partial charge in [-0.25, -0.2) is 14.6 Å². The van der Waals surface area contributed by atoms with E-state index < -0.39 is 0 Å². The lowest BCUT2D eigenvalue weighted by molar-refractivity contribution is 0.0592. The number of carbonyl (C=O) groups is 2. The lowest BCUT2D eigenvalue weighted by Crippen LogP contribution is -2.00. The van der Waals surface area contributed by atoms with Gasteiger partial charge in [0.05, 0.1) is 25.3 Å². The Morgan fingerprint density at radius 3 is 1.59 bits per heavy atom. The van der Waals surface area contributed by atoms with E-state index in [9.17, 15) is 9.59 Å². The van der Waals surface area contributed by atoms with Crippen LogP contribution in [0, 0.1) is 6.92 Å². The number of nitrogens with zero attached hydrogens (tertiary/aromatic N) is 1. The van der Waals surface area contributed by atoms with Crippen LogP contribution in [0.15, 0.2) is 84.9 Å². The Balaban J connectivity index is 1.36. The van der Waals surface area contributed by atoms with Crippen molar-refractivity contribution in [1.29, 1.82) is 0 Å². The first-order chi connectivity index (χ1) is 17.9. The second kappa shape index (κ2) is 9.99. The zero-order valence-electron chi connectivity index (χ0n) is 20.5. The van der Waals surface area contributed by atoms with Crippen molar-refractivity contribution in [2.45, 2.75) is 6.92 Å². The zero-order valence-corrected chi connectivity index (χ0v) is 20.5. The van der Waals surface area contributed by atoms with Gasteiger partial charge in [0.1, 0.15) is 17.2 Å². The minimum Gasteiger partial charge on any atom is -0.465 e. The number of hydrogen-bond acceptors (Lipinski definition) is 7. The molecule has 0 aliphatic heterocycles. The first-order valence-electron chi connectivity index (χ1n) is 11.5. The van der Waals surface area contributed by atoms with Crippen molar-refractivity contribution in [2.75, 3.05) is 14.2 Å². The SMILES string of the molecule is COC(=O)c1ccc2cc(Oc3cc(C)nc(Oc4ccc5cc(C(=O)OC)ccc5c4)c3)ccc2c1. The summed E-state index contributed by atoms with van der Waals surface area (Å²) in [6, 6.07) is 25.5. The van der Waals surface area contributed by atoms with Crippen LogP contribution in [-0.2, 0) is 9.47 Å². The first kappa shape index (κ1) is 23.8. The number of benzene rings is 4. The summed E-state index contributed by atoms with van der Waals surface area (Å²) in [6.07, 6.45) is 0. The average molecular weight is 494 g/mol. The van der Waals surface area contributed by atoms with Gasteiger partial charge in [0, 0.05) is 17.8 Å². The average Bonchev–Trinajstić information content (AvgIpc) is 2.91. The quantitative estimate of drug-likeness (QED) is 0.239. The standard InChI is InChI=1S/C30H23NO6/c1-18-12-27(36-25-10-8-19-13-23(29(32)34-2)6-4-21(19)15-25)17-28(31-18)37-26-11-9-20-14-24(30(33)35-3)7-5-22(20)16-26/h4-17H,1-3H3. The molecule has 0 fully saturated rings. The van der Waals surface area contributed by atoms with Gasteiger partial charge >= 0.3 is 11.9 Å². The second-order valence-corrected chi connectivity index (χ2v) is 8.42. The highest BCUT2D eigenvalue weighted by Gasteiger charge is 2.10. The number of carbonyl (C=O) groups excluding carboxylic acids is 2. The number of fused-ring (bicyclic) bond motifs is 2. The smallest absolute Gasteiger partial charge is 0.337 e. The van der Waals surface area contributed by atoms with E-state index in [1.165, 1.54) is 14.2 Å². The van der Waals surface area contributed by atoms with Gasteiger partial charge in [-0.15, -0.1) is 0 Å². The van der Waals surface area contributed by atoms with Gasteiger partial charge in [0.25, 0.3) is 0 Å². The molecule has 0 N–H and O–H groups in total. The molecule has 0 bridgehead atoms. The zero-order chi connectivity index (χ0) is 25.9. The Kier molecular flexibility index (Phi) is 6.43. The molecule has 0 saturated carbocycles. The fourth-order valence-electron chi connectivity index (χ4n) is 4.04. The van der Waals surface area contributed by atoms with Gasteiger partial charge in [-0.2, -0.15) is 0 Å². The number of hydrogen-bond donors (Lipinski definition) is 0. The van der Waals surface area contributed by atoms with Gasteiger partial charge in [0.15, 0.2) is 0 Å². The lowest BCUT2D eigenvalue weighted by Gasteiger charge is -2.11. The van der Waals surface area contributed by atoms with Gasteiger partial charge in [-0.05, 0) is 77.0 Å². The van der Waals surface area contributed by atoms with Crippen molar-refractivity contribution in [1.82, 2.24) is 4.98 Å². The Hall–Kier alpha value is -4.91. The Morgan fingerprint density at radius 2 is 1.05 bits per heavy atom. The van der Waals surface area contributed by atoms with Crippen LogP contribution in [0.25, 0.3) is 21.5 Å². The molecule has 1 aromatic heterocycles. The third kappa shape index (κ3) is 5.21. The molecule has 4 aromatic carbocycles. The molecule has 5 rings (SSSR count). The third-order valence-corrected chi connectivity index (χ3v) is 5.83. The molecule has 184 valence electrons. The molecule has 0 aliphatic carbocycles. The Morgan fingerprint density at radius 1 is 0.568 bits per heavy atom. The van der Waals surface area contributed by atoms with Crippen molar-refractivity contribution in [2.24, 2.45) is 0 Å². The molecule has 0 atom stereocenters. The van der Waals surface area contributed by atoms with Gasteiger partial charge in [0.2, 0.25) is 5.88 Å².